The van der Waals surface area contributed by atoms with Crippen LogP contribution in [0.5, 0.6) is 0 Å². The molecule has 1 aliphatic heterocycles. The first kappa shape index (κ1) is 12.3. The van der Waals surface area contributed by atoms with Gasteiger partial charge in [-0.2, -0.15) is 0 Å². The van der Waals surface area contributed by atoms with Crippen molar-refractivity contribution in [2.24, 2.45) is 5.73 Å². The molecule has 0 spiro atoms. The third-order valence-electron chi connectivity index (χ3n) is 2.77. The molecule has 2 rings (SSSR count). The Labute approximate surface area is 102 Å². The fourth-order valence-corrected chi connectivity index (χ4v) is 1.99. The monoisotopic (exact) mass is 236 g/mol. The van der Waals surface area contributed by atoms with Crippen molar-refractivity contribution in [3.8, 4) is 0 Å². The maximum atomic E-state index is 5.74. The van der Waals surface area contributed by atoms with E-state index in [1.165, 1.54) is 0 Å². The van der Waals surface area contributed by atoms with Crippen molar-refractivity contribution < 1.29 is 4.74 Å². The van der Waals surface area contributed by atoms with Crippen LogP contribution in [-0.2, 0) is 11.2 Å². The van der Waals surface area contributed by atoms with Crippen LogP contribution < -0.4 is 10.6 Å². The van der Waals surface area contributed by atoms with Crippen LogP contribution in [-0.4, -0.2) is 41.8 Å². The smallest absolute Gasteiger partial charge is 0.225 e. The third kappa shape index (κ3) is 3.38. The van der Waals surface area contributed by atoms with E-state index in [-0.39, 0.29) is 12.1 Å². The van der Waals surface area contributed by atoms with Gasteiger partial charge in [0.05, 0.1) is 12.7 Å². The molecule has 1 aromatic heterocycles. The van der Waals surface area contributed by atoms with Crippen LogP contribution >= 0.6 is 0 Å². The first-order valence-electron chi connectivity index (χ1n) is 6.08. The number of nitrogens with two attached hydrogens (primary N) is 1. The second-order valence-corrected chi connectivity index (χ2v) is 4.70. The molecule has 2 N–H and O–H groups in total. The van der Waals surface area contributed by atoms with Gasteiger partial charge in [-0.05, 0) is 25.8 Å². The highest BCUT2D eigenvalue weighted by Gasteiger charge is 2.18. The normalized spacial score (nSPS) is 22.5. The Kier molecular flexibility index (Phi) is 3.91. The van der Waals surface area contributed by atoms with Crippen LogP contribution in [0.3, 0.4) is 0 Å². The van der Waals surface area contributed by atoms with Crippen molar-refractivity contribution in [3.05, 3.63) is 18.0 Å². The molecule has 5 nitrogen and oxygen atoms in total. The molecule has 2 unspecified atom stereocenters. The van der Waals surface area contributed by atoms with Gasteiger partial charge in [-0.15, -0.1) is 0 Å². The average molecular weight is 236 g/mol. The van der Waals surface area contributed by atoms with Crippen molar-refractivity contribution in [2.45, 2.75) is 32.4 Å². The lowest BCUT2D eigenvalue weighted by atomic mass is 10.1. The van der Waals surface area contributed by atoms with Gasteiger partial charge in [0.2, 0.25) is 5.95 Å². The Morgan fingerprint density at radius 3 is 2.82 bits per heavy atom. The molecule has 0 radical (unpaired) electrons. The highest BCUT2D eigenvalue weighted by atomic mass is 16.5. The van der Waals surface area contributed by atoms with Gasteiger partial charge in [0.25, 0.3) is 0 Å². The molecular formula is C12H20N4O. The van der Waals surface area contributed by atoms with E-state index in [4.69, 9.17) is 10.5 Å². The zero-order valence-corrected chi connectivity index (χ0v) is 10.5. The largest absolute Gasteiger partial charge is 0.375 e. The number of ether oxygens (including phenoxy) is 1. The van der Waals surface area contributed by atoms with Crippen molar-refractivity contribution in [1.29, 1.82) is 0 Å². The molecule has 1 saturated heterocycles. The highest BCUT2D eigenvalue weighted by Crippen LogP contribution is 2.12. The van der Waals surface area contributed by atoms with E-state index in [9.17, 15) is 0 Å². The Balaban J connectivity index is 2.01. The minimum absolute atomic E-state index is 0.146. The van der Waals surface area contributed by atoms with E-state index in [0.29, 0.717) is 0 Å². The fraction of sp³-hybridized carbons (Fsp3) is 0.667. The lowest BCUT2D eigenvalue weighted by Crippen LogP contribution is -2.42. The molecule has 0 bridgehead atoms. The van der Waals surface area contributed by atoms with Crippen LogP contribution in [0, 0.1) is 0 Å². The number of nitrogens with zero attached hydrogens (tertiary/aromatic N) is 3. The molecule has 2 atom stereocenters. The molecule has 1 aliphatic rings. The minimum Gasteiger partial charge on any atom is -0.375 e. The second kappa shape index (κ2) is 5.42. The summed E-state index contributed by atoms with van der Waals surface area (Å²) in [5, 5.41) is 0. The molecule has 17 heavy (non-hydrogen) atoms. The van der Waals surface area contributed by atoms with Gasteiger partial charge in [-0.3, -0.25) is 0 Å². The lowest BCUT2D eigenvalue weighted by molar-refractivity contribution is 0.0526. The summed E-state index contributed by atoms with van der Waals surface area (Å²) in [4.78, 5) is 10.9. The van der Waals surface area contributed by atoms with Gasteiger partial charge in [0.15, 0.2) is 0 Å². The predicted octanol–water partition coefficient (Wildman–Crippen LogP) is 0.591. The maximum Gasteiger partial charge on any atom is 0.225 e. The van der Waals surface area contributed by atoms with E-state index in [2.05, 4.69) is 21.8 Å². The zero-order chi connectivity index (χ0) is 12.3. The van der Waals surface area contributed by atoms with Gasteiger partial charge in [0.1, 0.15) is 0 Å². The lowest BCUT2D eigenvalue weighted by Gasteiger charge is -2.31. The molecule has 1 aromatic rings. The summed E-state index contributed by atoms with van der Waals surface area (Å²) >= 11 is 0. The summed E-state index contributed by atoms with van der Waals surface area (Å²) in [6, 6.07) is 0.146. The third-order valence-corrected chi connectivity index (χ3v) is 2.77. The van der Waals surface area contributed by atoms with Crippen LogP contribution in [0.1, 0.15) is 19.4 Å². The van der Waals surface area contributed by atoms with Crippen LogP contribution in [0.15, 0.2) is 12.4 Å². The van der Waals surface area contributed by atoms with Gasteiger partial charge >= 0.3 is 0 Å². The van der Waals surface area contributed by atoms with E-state index in [1.807, 2.05) is 19.3 Å². The van der Waals surface area contributed by atoms with Gasteiger partial charge < -0.3 is 15.4 Å². The Bertz CT molecular complexity index is 352. The molecule has 1 fully saturated rings. The molecule has 94 valence electrons. The first-order chi connectivity index (χ1) is 8.15. The van der Waals surface area contributed by atoms with Crippen LogP contribution in [0.2, 0.25) is 0 Å². The van der Waals surface area contributed by atoms with Gasteiger partial charge in [-0.25, -0.2) is 9.97 Å². The summed E-state index contributed by atoms with van der Waals surface area (Å²) in [5.41, 5.74) is 6.83. The average Bonchev–Trinajstić information content (AvgIpc) is 2.29. The van der Waals surface area contributed by atoms with Crippen molar-refractivity contribution in [2.75, 3.05) is 24.6 Å². The van der Waals surface area contributed by atoms with E-state index >= 15 is 0 Å². The van der Waals surface area contributed by atoms with Crippen molar-refractivity contribution in [1.82, 2.24) is 9.97 Å². The first-order valence-corrected chi connectivity index (χ1v) is 6.08. The molecule has 2 heterocycles. The van der Waals surface area contributed by atoms with Crippen LogP contribution in [0.4, 0.5) is 5.95 Å². The molecule has 0 aromatic carbocycles. The Morgan fingerprint density at radius 1 is 1.53 bits per heavy atom. The summed E-state index contributed by atoms with van der Waals surface area (Å²) < 4.78 is 5.49. The quantitative estimate of drug-likeness (QED) is 0.832. The molecule has 0 amide bonds. The van der Waals surface area contributed by atoms with Crippen LogP contribution in [0.25, 0.3) is 0 Å². The number of morpholine rings is 1. The topological polar surface area (TPSA) is 64.3 Å². The number of hydrogen-bond acceptors (Lipinski definition) is 5. The number of hydrogen-bond donors (Lipinski definition) is 1. The van der Waals surface area contributed by atoms with Crippen molar-refractivity contribution in [3.63, 3.8) is 0 Å². The van der Waals surface area contributed by atoms with Gasteiger partial charge in [0, 0.05) is 31.5 Å². The molecular weight excluding hydrogens is 216 g/mol. The summed E-state index contributed by atoms with van der Waals surface area (Å²) in [5.74, 6) is 0.786. The maximum absolute atomic E-state index is 5.74. The van der Waals surface area contributed by atoms with E-state index < -0.39 is 0 Å². The number of aromatic nitrogens is 2. The van der Waals surface area contributed by atoms with E-state index in [1.54, 1.807) is 0 Å². The molecule has 5 heteroatoms. The molecule has 0 saturated carbocycles. The van der Waals surface area contributed by atoms with Gasteiger partial charge in [-0.1, -0.05) is 0 Å². The molecule has 0 aliphatic carbocycles. The summed E-state index contributed by atoms with van der Waals surface area (Å²) in [6.45, 7) is 6.50. The number of rotatable bonds is 3. The predicted molar refractivity (Wildman–Crippen MR) is 67.0 cm³/mol. The Hall–Kier alpha value is -1.20. The Morgan fingerprint density at radius 2 is 2.24 bits per heavy atom. The van der Waals surface area contributed by atoms with E-state index in [0.717, 1.165) is 37.6 Å². The highest BCUT2D eigenvalue weighted by molar-refractivity contribution is 5.30. The number of anilines is 1. The van der Waals surface area contributed by atoms with Crippen molar-refractivity contribution >= 4 is 5.95 Å². The fourth-order valence-electron chi connectivity index (χ4n) is 1.99. The summed E-state index contributed by atoms with van der Waals surface area (Å²) in [7, 11) is 0. The zero-order valence-electron chi connectivity index (χ0n) is 10.5. The minimum atomic E-state index is 0.146. The summed E-state index contributed by atoms with van der Waals surface area (Å²) in [6.07, 6.45) is 4.80. The SMILES string of the molecule is CC(N)Cc1cnc(N2CCOC(C)C2)nc1. The second-order valence-electron chi connectivity index (χ2n) is 4.70. The standard InChI is InChI=1S/C12H20N4O/c1-9(13)5-11-6-14-12(15-7-11)16-3-4-17-10(2)8-16/h6-7,9-10H,3-5,8,13H2,1-2H3.